The lowest BCUT2D eigenvalue weighted by atomic mass is 9.74. The highest BCUT2D eigenvalue weighted by atomic mass is 35.5. The van der Waals surface area contributed by atoms with Gasteiger partial charge in [0.05, 0.1) is 11.7 Å². The molecule has 0 saturated heterocycles. The SMILES string of the molecule is COC1(CC(=O)C(C#N)c2c(Cl)cccc2Cl)CCC1. The average Bonchev–Trinajstić information content (AvgIpc) is 2.38. The first-order valence-corrected chi connectivity index (χ1v) is 7.20. The summed E-state index contributed by atoms with van der Waals surface area (Å²) in [7, 11) is 1.61. The summed E-state index contributed by atoms with van der Waals surface area (Å²) in [6, 6.07) is 6.98. The van der Waals surface area contributed by atoms with Crippen molar-refractivity contribution in [1.82, 2.24) is 0 Å². The van der Waals surface area contributed by atoms with Crippen LogP contribution < -0.4 is 0 Å². The molecule has 0 radical (unpaired) electrons. The highest BCUT2D eigenvalue weighted by Gasteiger charge is 2.41. The lowest BCUT2D eigenvalue weighted by Crippen LogP contribution is -2.42. The lowest BCUT2D eigenvalue weighted by Gasteiger charge is -2.40. The number of carbonyl (C=O) groups is 1. The first-order chi connectivity index (χ1) is 9.53. The van der Waals surface area contributed by atoms with Crippen molar-refractivity contribution in [2.45, 2.75) is 37.2 Å². The van der Waals surface area contributed by atoms with Gasteiger partial charge in [-0.2, -0.15) is 5.26 Å². The van der Waals surface area contributed by atoms with Crippen molar-refractivity contribution in [3.63, 3.8) is 0 Å². The van der Waals surface area contributed by atoms with Gasteiger partial charge in [-0.1, -0.05) is 29.3 Å². The summed E-state index contributed by atoms with van der Waals surface area (Å²) in [5.41, 5.74) is -0.00572. The summed E-state index contributed by atoms with van der Waals surface area (Å²) in [4.78, 5) is 12.4. The van der Waals surface area contributed by atoms with Gasteiger partial charge in [0.1, 0.15) is 5.92 Å². The summed E-state index contributed by atoms with van der Waals surface area (Å²) in [6.45, 7) is 0. The molecule has 3 nitrogen and oxygen atoms in total. The minimum absolute atomic E-state index is 0.191. The first kappa shape index (κ1) is 15.3. The molecular weight excluding hydrogens is 297 g/mol. The van der Waals surface area contributed by atoms with Gasteiger partial charge in [0, 0.05) is 29.1 Å². The van der Waals surface area contributed by atoms with Gasteiger partial charge in [0.2, 0.25) is 0 Å². The van der Waals surface area contributed by atoms with Gasteiger partial charge >= 0.3 is 0 Å². The quantitative estimate of drug-likeness (QED) is 0.821. The van der Waals surface area contributed by atoms with Crippen molar-refractivity contribution in [3.05, 3.63) is 33.8 Å². The molecule has 0 aliphatic heterocycles. The van der Waals surface area contributed by atoms with Crippen LogP contribution in [0.2, 0.25) is 10.0 Å². The van der Waals surface area contributed by atoms with E-state index in [1.54, 1.807) is 25.3 Å². The normalized spacial score (nSPS) is 17.9. The van der Waals surface area contributed by atoms with E-state index in [1.165, 1.54) is 0 Å². The standard InChI is InChI=1S/C15H15Cl2NO2/c1-20-15(6-3-7-15)8-13(19)10(9-18)14-11(16)4-2-5-12(14)17/h2,4-5,10H,3,6-8H2,1H3. The number of methoxy groups -OCH3 is 1. The second-order valence-corrected chi connectivity index (χ2v) is 5.90. The van der Waals surface area contributed by atoms with Crippen molar-refractivity contribution >= 4 is 29.0 Å². The Morgan fingerprint density at radius 2 is 2.05 bits per heavy atom. The zero-order valence-corrected chi connectivity index (χ0v) is 12.7. The third-order valence-corrected chi connectivity index (χ3v) is 4.59. The molecule has 0 amide bonds. The summed E-state index contributed by atoms with van der Waals surface area (Å²) in [6.07, 6.45) is 2.97. The highest BCUT2D eigenvalue weighted by Crippen LogP contribution is 2.41. The first-order valence-electron chi connectivity index (χ1n) is 6.44. The maximum absolute atomic E-state index is 12.4. The molecule has 20 heavy (non-hydrogen) atoms. The molecule has 0 heterocycles. The molecule has 0 aromatic heterocycles. The number of ketones is 1. The fourth-order valence-electron chi connectivity index (χ4n) is 2.53. The van der Waals surface area contributed by atoms with Gasteiger partial charge in [-0.3, -0.25) is 4.79 Å². The number of carbonyl (C=O) groups excluding carboxylic acids is 1. The number of nitriles is 1. The molecule has 0 spiro atoms. The van der Waals surface area contributed by atoms with Crippen molar-refractivity contribution in [1.29, 1.82) is 5.26 Å². The third kappa shape index (κ3) is 2.83. The zero-order valence-electron chi connectivity index (χ0n) is 11.2. The van der Waals surface area contributed by atoms with Gasteiger partial charge < -0.3 is 4.74 Å². The molecule has 1 aliphatic rings. The number of hydrogen-bond donors (Lipinski definition) is 0. The summed E-state index contributed by atoms with van der Waals surface area (Å²) in [5.74, 6) is -1.13. The molecule has 5 heteroatoms. The molecule has 1 aliphatic carbocycles. The molecule has 1 aromatic carbocycles. The molecule has 1 atom stereocenters. The van der Waals surface area contributed by atoms with Gasteiger partial charge in [-0.25, -0.2) is 0 Å². The zero-order chi connectivity index (χ0) is 14.8. The van der Waals surface area contributed by atoms with Gasteiger partial charge in [0.25, 0.3) is 0 Å². The van der Waals surface area contributed by atoms with E-state index < -0.39 is 11.5 Å². The van der Waals surface area contributed by atoms with E-state index in [0.717, 1.165) is 19.3 Å². The Morgan fingerprint density at radius 3 is 2.45 bits per heavy atom. The van der Waals surface area contributed by atoms with E-state index in [9.17, 15) is 10.1 Å². The van der Waals surface area contributed by atoms with E-state index in [2.05, 4.69) is 0 Å². The van der Waals surface area contributed by atoms with Crippen molar-refractivity contribution in [3.8, 4) is 6.07 Å². The number of benzene rings is 1. The van der Waals surface area contributed by atoms with Crippen LogP contribution >= 0.6 is 23.2 Å². The van der Waals surface area contributed by atoms with E-state index >= 15 is 0 Å². The van der Waals surface area contributed by atoms with Crippen LogP contribution in [0, 0.1) is 11.3 Å². The van der Waals surface area contributed by atoms with Crippen molar-refractivity contribution < 1.29 is 9.53 Å². The van der Waals surface area contributed by atoms with Crippen LogP contribution in [0.4, 0.5) is 0 Å². The summed E-state index contributed by atoms with van der Waals surface area (Å²) >= 11 is 12.2. The van der Waals surface area contributed by atoms with Crippen LogP contribution in [0.3, 0.4) is 0 Å². The number of rotatable bonds is 5. The number of ether oxygens (including phenoxy) is 1. The molecule has 1 fully saturated rings. The minimum atomic E-state index is -0.941. The van der Waals surface area contributed by atoms with Crippen LogP contribution in [-0.4, -0.2) is 18.5 Å². The molecule has 0 N–H and O–H groups in total. The van der Waals surface area contributed by atoms with Gasteiger partial charge in [0.15, 0.2) is 5.78 Å². The van der Waals surface area contributed by atoms with Crippen LogP contribution in [0.25, 0.3) is 0 Å². The monoisotopic (exact) mass is 311 g/mol. The Labute approximate surface area is 128 Å². The Bertz CT molecular complexity index is 536. The summed E-state index contributed by atoms with van der Waals surface area (Å²) in [5, 5.41) is 10.0. The smallest absolute Gasteiger partial charge is 0.157 e. The third-order valence-electron chi connectivity index (χ3n) is 3.93. The van der Waals surface area contributed by atoms with Crippen LogP contribution in [-0.2, 0) is 9.53 Å². The highest BCUT2D eigenvalue weighted by molar-refractivity contribution is 6.36. The van der Waals surface area contributed by atoms with Crippen LogP contribution in [0.5, 0.6) is 0 Å². The molecular formula is C15H15Cl2NO2. The van der Waals surface area contributed by atoms with Crippen LogP contribution in [0.1, 0.15) is 37.2 Å². The Balaban J connectivity index is 2.25. The maximum Gasteiger partial charge on any atom is 0.157 e. The molecule has 106 valence electrons. The predicted octanol–water partition coefficient (Wildman–Crippen LogP) is 4.13. The maximum atomic E-state index is 12.4. The molecule has 1 unspecified atom stereocenters. The fourth-order valence-corrected chi connectivity index (χ4v) is 3.14. The molecule has 2 rings (SSSR count). The Hall–Kier alpha value is -1.08. The van der Waals surface area contributed by atoms with E-state index in [-0.39, 0.29) is 12.2 Å². The topological polar surface area (TPSA) is 50.1 Å². The average molecular weight is 312 g/mol. The number of hydrogen-bond acceptors (Lipinski definition) is 3. The number of Topliss-reactive ketones (excluding diaryl/α,β-unsaturated/α-hetero) is 1. The fraction of sp³-hybridized carbons (Fsp3) is 0.467. The Morgan fingerprint density at radius 1 is 1.45 bits per heavy atom. The molecule has 0 bridgehead atoms. The van der Waals surface area contributed by atoms with E-state index in [4.69, 9.17) is 27.9 Å². The molecule has 1 saturated carbocycles. The Kier molecular flexibility index (Phi) is 4.70. The molecule has 1 aromatic rings. The largest absolute Gasteiger partial charge is 0.378 e. The van der Waals surface area contributed by atoms with E-state index in [1.807, 2.05) is 6.07 Å². The minimum Gasteiger partial charge on any atom is -0.378 e. The van der Waals surface area contributed by atoms with Crippen molar-refractivity contribution in [2.24, 2.45) is 0 Å². The van der Waals surface area contributed by atoms with Gasteiger partial charge in [-0.15, -0.1) is 0 Å². The number of nitrogens with zero attached hydrogens (tertiary/aromatic N) is 1. The van der Waals surface area contributed by atoms with E-state index in [0.29, 0.717) is 15.6 Å². The second kappa shape index (κ2) is 6.13. The van der Waals surface area contributed by atoms with Crippen LogP contribution in [0.15, 0.2) is 18.2 Å². The van der Waals surface area contributed by atoms with Gasteiger partial charge in [-0.05, 0) is 31.4 Å². The number of halogens is 2. The van der Waals surface area contributed by atoms with Crippen molar-refractivity contribution in [2.75, 3.05) is 7.11 Å². The lowest BCUT2D eigenvalue weighted by molar-refractivity contribution is -0.132. The summed E-state index contributed by atoms with van der Waals surface area (Å²) < 4.78 is 5.44. The second-order valence-electron chi connectivity index (χ2n) is 5.08. The predicted molar refractivity (Wildman–Crippen MR) is 78.0 cm³/mol.